The lowest BCUT2D eigenvalue weighted by Crippen LogP contribution is -2.52. The smallest absolute Gasteiger partial charge is 0.417 e. The number of fused-ring (bicyclic) bond motifs is 2. The van der Waals surface area contributed by atoms with E-state index in [9.17, 15) is 28.3 Å². The Bertz CT molecular complexity index is 2080. The normalized spacial score (nSPS) is 21.6. The molecule has 1 aromatic heterocycles. The average Bonchev–Trinajstić information content (AvgIpc) is 3.09. The van der Waals surface area contributed by atoms with Gasteiger partial charge in [-0.3, -0.25) is 14.5 Å². The molecule has 278 valence electrons. The van der Waals surface area contributed by atoms with E-state index in [0.717, 1.165) is 0 Å². The first kappa shape index (κ1) is 37.2. The molecule has 1 saturated heterocycles. The summed E-state index contributed by atoms with van der Waals surface area (Å²) in [7, 11) is 4.86. The maximum Gasteiger partial charge on any atom is 0.417 e. The van der Waals surface area contributed by atoms with Crippen molar-refractivity contribution in [1.82, 2.24) is 14.8 Å². The number of rotatable bonds is 8. The quantitative estimate of drug-likeness (QED) is 0.186. The van der Waals surface area contributed by atoms with Gasteiger partial charge in [-0.2, -0.15) is 13.2 Å². The third-order valence-electron chi connectivity index (χ3n) is 11.1. The first-order valence-corrected chi connectivity index (χ1v) is 17.5. The summed E-state index contributed by atoms with van der Waals surface area (Å²) in [5.74, 6) is -4.34. The second-order valence-corrected chi connectivity index (χ2v) is 14.8. The summed E-state index contributed by atoms with van der Waals surface area (Å²) in [5, 5.41) is 13.6. The lowest BCUT2D eigenvalue weighted by molar-refractivity contribution is -0.144. The topological polar surface area (TPSA) is 94.9 Å². The molecule has 2 fully saturated rings. The van der Waals surface area contributed by atoms with Crippen molar-refractivity contribution < 1.29 is 36.6 Å². The highest BCUT2D eigenvalue weighted by Gasteiger charge is 2.43. The summed E-state index contributed by atoms with van der Waals surface area (Å²) in [6.07, 6.45) is -3.21. The van der Waals surface area contributed by atoms with Crippen LogP contribution >= 0.6 is 0 Å². The van der Waals surface area contributed by atoms with Crippen molar-refractivity contribution in [2.24, 2.45) is 12.5 Å². The van der Waals surface area contributed by atoms with E-state index in [1.807, 2.05) is 0 Å². The number of carbonyl (C=O) groups excluding carboxylic acids is 1. The van der Waals surface area contributed by atoms with Gasteiger partial charge in [-0.1, -0.05) is 43.3 Å². The van der Waals surface area contributed by atoms with Gasteiger partial charge in [0, 0.05) is 76.0 Å². The fourth-order valence-corrected chi connectivity index (χ4v) is 7.93. The molecule has 0 bridgehead atoms. The van der Waals surface area contributed by atoms with Crippen molar-refractivity contribution in [3.05, 3.63) is 76.1 Å². The number of carbonyl (C=O) groups is 2. The number of hydrogen-bond acceptors (Lipinski definition) is 5. The Kier molecular flexibility index (Phi) is 9.88. The lowest BCUT2D eigenvalue weighted by atomic mass is 9.72. The van der Waals surface area contributed by atoms with Gasteiger partial charge in [-0.15, -0.1) is 0 Å². The maximum atomic E-state index is 15.0. The van der Waals surface area contributed by atoms with Gasteiger partial charge in [0.1, 0.15) is 6.04 Å². The number of carboxylic acids is 1. The number of aromatic nitrogens is 1. The molecule has 2 aliphatic rings. The second kappa shape index (κ2) is 13.8. The molecular formula is C39H43F5N4O4. The van der Waals surface area contributed by atoms with Crippen LogP contribution in [0.3, 0.4) is 0 Å². The second-order valence-electron chi connectivity index (χ2n) is 14.8. The van der Waals surface area contributed by atoms with E-state index >= 15 is 13.2 Å². The first-order valence-electron chi connectivity index (χ1n) is 17.5. The number of benzene rings is 3. The maximum absolute atomic E-state index is 15.0. The molecule has 2 N–H and O–H groups in total. The number of aryl methyl sites for hydroxylation is 1. The number of amides is 1. The van der Waals surface area contributed by atoms with E-state index in [1.165, 1.54) is 29.8 Å². The number of nitrogens with zero attached hydrogens (tertiary/aromatic N) is 3. The number of piperidine rings is 1. The van der Waals surface area contributed by atoms with E-state index in [4.69, 9.17) is 0 Å². The molecule has 6 rings (SSSR count). The van der Waals surface area contributed by atoms with Crippen LogP contribution in [0.2, 0.25) is 0 Å². The largest absolute Gasteiger partial charge is 0.480 e. The monoisotopic (exact) mass is 726 g/mol. The fourth-order valence-electron chi connectivity index (χ4n) is 7.93. The van der Waals surface area contributed by atoms with Gasteiger partial charge in [0.2, 0.25) is 5.91 Å². The molecule has 3 aromatic carbocycles. The summed E-state index contributed by atoms with van der Waals surface area (Å²) < 4.78 is 73.6. The molecule has 8 nitrogen and oxygen atoms in total. The SMILES string of the molecule is CN(C)c1ccc2c(c1)c(C(F)(F)F)c(-c1cccc3c(C[C@H](NC(=O)C4(C)CCC(N5CCC(F)(F)CC5)CC4)C(=O)O)cccc13)c(=O)n2C. The van der Waals surface area contributed by atoms with Crippen LogP contribution in [0.15, 0.2) is 59.4 Å². The molecule has 1 aliphatic heterocycles. The molecule has 13 heteroatoms. The Morgan fingerprint density at radius 2 is 1.60 bits per heavy atom. The summed E-state index contributed by atoms with van der Waals surface area (Å²) >= 11 is 0. The molecule has 2 heterocycles. The van der Waals surface area contributed by atoms with Crippen LogP contribution in [0.25, 0.3) is 32.8 Å². The molecule has 0 spiro atoms. The number of aliphatic carboxylic acids is 1. The number of anilines is 1. The summed E-state index contributed by atoms with van der Waals surface area (Å²) in [4.78, 5) is 43.7. The molecule has 1 aliphatic carbocycles. The van der Waals surface area contributed by atoms with Crippen LogP contribution in [-0.4, -0.2) is 71.6 Å². The minimum Gasteiger partial charge on any atom is -0.480 e. The van der Waals surface area contributed by atoms with Gasteiger partial charge in [0.15, 0.2) is 0 Å². The lowest BCUT2D eigenvalue weighted by Gasteiger charge is -2.43. The molecule has 0 unspecified atom stereocenters. The van der Waals surface area contributed by atoms with Crippen LogP contribution in [0.5, 0.6) is 0 Å². The third kappa shape index (κ3) is 7.11. The molecule has 0 radical (unpaired) electrons. The van der Waals surface area contributed by atoms with E-state index in [1.54, 1.807) is 62.3 Å². The van der Waals surface area contributed by atoms with Crippen LogP contribution < -0.4 is 15.8 Å². The Morgan fingerprint density at radius 1 is 0.962 bits per heavy atom. The minimum absolute atomic E-state index is 0.0574. The zero-order chi connectivity index (χ0) is 37.7. The molecular weight excluding hydrogens is 683 g/mol. The highest BCUT2D eigenvalue weighted by Crippen LogP contribution is 2.43. The minimum atomic E-state index is -4.89. The van der Waals surface area contributed by atoms with Crippen LogP contribution in [-0.2, 0) is 29.2 Å². The molecule has 1 atom stereocenters. The Morgan fingerprint density at radius 3 is 2.21 bits per heavy atom. The third-order valence-corrected chi connectivity index (χ3v) is 11.1. The van der Waals surface area contributed by atoms with Crippen molar-refractivity contribution >= 4 is 39.2 Å². The number of pyridine rings is 1. The fraction of sp³-hybridized carbons (Fsp3) is 0.462. The van der Waals surface area contributed by atoms with Crippen molar-refractivity contribution in [2.45, 2.75) is 76.1 Å². The zero-order valence-electron chi connectivity index (χ0n) is 29.6. The standard InChI is InChI=1S/C39H43F5N4O4/c1-37(15-13-24(14-16-37)48-19-17-38(40,41)18-20-48)36(52)45-30(35(50)51)21-23-7-5-9-27-26(23)8-6-10-28(27)32-33(39(42,43)44)29-22-25(46(2)3)11-12-31(29)47(4)34(32)49/h5-12,22,24,30H,13-21H2,1-4H3,(H,45,52)(H,50,51)/t24?,30-,37?/m0/s1. The number of hydrogen-bond donors (Lipinski definition) is 2. The predicted molar refractivity (Wildman–Crippen MR) is 191 cm³/mol. The number of alkyl halides is 5. The highest BCUT2D eigenvalue weighted by molar-refractivity contribution is 6.02. The van der Waals surface area contributed by atoms with Crippen molar-refractivity contribution in [2.75, 3.05) is 32.1 Å². The number of carboxylic acid groups (broad SMARTS) is 1. The van der Waals surface area contributed by atoms with E-state index in [0.29, 0.717) is 60.8 Å². The van der Waals surface area contributed by atoms with Gasteiger partial charge in [0.25, 0.3) is 11.5 Å². The number of likely N-dealkylation sites (tertiary alicyclic amines) is 1. The molecule has 1 amide bonds. The van der Waals surface area contributed by atoms with E-state index < -0.39 is 52.1 Å². The van der Waals surface area contributed by atoms with Crippen LogP contribution in [0.4, 0.5) is 27.6 Å². The Balaban J connectivity index is 1.31. The van der Waals surface area contributed by atoms with Gasteiger partial charge < -0.3 is 19.9 Å². The van der Waals surface area contributed by atoms with Crippen LogP contribution in [0.1, 0.15) is 56.6 Å². The van der Waals surface area contributed by atoms with Crippen molar-refractivity contribution in [3.8, 4) is 11.1 Å². The van der Waals surface area contributed by atoms with Crippen molar-refractivity contribution in [1.29, 1.82) is 0 Å². The zero-order valence-corrected chi connectivity index (χ0v) is 29.6. The highest BCUT2D eigenvalue weighted by atomic mass is 19.4. The predicted octanol–water partition coefficient (Wildman–Crippen LogP) is 7.24. The summed E-state index contributed by atoms with van der Waals surface area (Å²) in [6.45, 7) is 2.40. The summed E-state index contributed by atoms with van der Waals surface area (Å²) in [6, 6.07) is 12.8. The van der Waals surface area contributed by atoms with Gasteiger partial charge in [-0.05, 0) is 65.8 Å². The van der Waals surface area contributed by atoms with E-state index in [2.05, 4.69) is 10.2 Å². The molecule has 4 aromatic rings. The Hall–Kier alpha value is -4.52. The average molecular weight is 727 g/mol. The van der Waals surface area contributed by atoms with Gasteiger partial charge >= 0.3 is 12.1 Å². The first-order chi connectivity index (χ1) is 24.4. The molecule has 52 heavy (non-hydrogen) atoms. The van der Waals surface area contributed by atoms with E-state index in [-0.39, 0.29) is 41.8 Å². The Labute approximate surface area is 298 Å². The number of halogens is 5. The van der Waals surface area contributed by atoms with Crippen molar-refractivity contribution in [3.63, 3.8) is 0 Å². The summed E-state index contributed by atoms with van der Waals surface area (Å²) in [5.41, 5.74) is -2.05. The van der Waals surface area contributed by atoms with Gasteiger partial charge in [-0.25, -0.2) is 13.6 Å². The van der Waals surface area contributed by atoms with Crippen LogP contribution in [0, 0.1) is 5.41 Å². The number of nitrogens with one attached hydrogen (secondary N) is 1. The van der Waals surface area contributed by atoms with Gasteiger partial charge in [0.05, 0.1) is 16.6 Å². The molecule has 1 saturated carbocycles.